The summed E-state index contributed by atoms with van der Waals surface area (Å²) in [6, 6.07) is 9.07. The molecule has 0 spiro atoms. The number of alkyl halides is 3. The van der Waals surface area contributed by atoms with Crippen molar-refractivity contribution in [2.45, 2.75) is 42.8 Å². The summed E-state index contributed by atoms with van der Waals surface area (Å²) < 4.78 is 38.6. The highest BCUT2D eigenvalue weighted by atomic mass is 32.2. The van der Waals surface area contributed by atoms with Crippen molar-refractivity contribution >= 4 is 40.4 Å². The molecule has 0 unspecified atom stereocenters. The van der Waals surface area contributed by atoms with Crippen molar-refractivity contribution in [1.29, 1.82) is 0 Å². The van der Waals surface area contributed by atoms with E-state index in [-0.39, 0.29) is 47.0 Å². The maximum absolute atomic E-state index is 13.2. The molecule has 35 heavy (non-hydrogen) atoms. The van der Waals surface area contributed by atoms with Crippen LogP contribution in [0.4, 0.5) is 13.2 Å². The van der Waals surface area contributed by atoms with Gasteiger partial charge in [-0.25, -0.2) is 4.98 Å². The molecule has 0 aliphatic carbocycles. The Kier molecular flexibility index (Phi) is 6.66. The van der Waals surface area contributed by atoms with E-state index in [1.807, 2.05) is 0 Å². The van der Waals surface area contributed by atoms with Crippen molar-refractivity contribution in [3.8, 4) is 0 Å². The Labute approximate surface area is 200 Å². The number of hydrogen-bond donors (Lipinski definition) is 2. The molecule has 4 rings (SSSR count). The number of imide groups is 1. The third kappa shape index (κ3) is 5.53. The number of carbonyl (C=O) groups is 3. The molecule has 1 fully saturated rings. The SMILES string of the molecule is Cc1nc2ccc(CNC(=O)c3ccc(SC(F)(F)F)cc3)cc2c(=O)n1[C@H]1CCC(=O)NC1=O. The average Bonchev–Trinajstić information content (AvgIpc) is 2.78. The van der Waals surface area contributed by atoms with Gasteiger partial charge in [0, 0.05) is 23.4 Å². The molecule has 2 heterocycles. The van der Waals surface area contributed by atoms with Gasteiger partial charge in [-0.2, -0.15) is 13.2 Å². The van der Waals surface area contributed by atoms with Gasteiger partial charge >= 0.3 is 5.51 Å². The Morgan fingerprint density at radius 1 is 1.17 bits per heavy atom. The van der Waals surface area contributed by atoms with E-state index in [9.17, 15) is 32.3 Å². The van der Waals surface area contributed by atoms with Gasteiger partial charge < -0.3 is 5.32 Å². The fraction of sp³-hybridized carbons (Fsp3) is 0.261. The minimum atomic E-state index is -4.41. The van der Waals surface area contributed by atoms with E-state index < -0.39 is 34.8 Å². The van der Waals surface area contributed by atoms with Crippen LogP contribution in [0, 0.1) is 6.92 Å². The van der Waals surface area contributed by atoms with Crippen molar-refractivity contribution in [3.63, 3.8) is 0 Å². The van der Waals surface area contributed by atoms with Crippen LogP contribution in [-0.2, 0) is 16.1 Å². The highest BCUT2D eigenvalue weighted by Gasteiger charge is 2.31. The zero-order valence-corrected chi connectivity index (χ0v) is 19.1. The molecule has 182 valence electrons. The van der Waals surface area contributed by atoms with Crippen LogP contribution in [-0.4, -0.2) is 32.8 Å². The molecule has 1 aliphatic rings. The third-order valence-electron chi connectivity index (χ3n) is 5.47. The van der Waals surface area contributed by atoms with Gasteiger partial charge in [0.2, 0.25) is 11.8 Å². The quantitative estimate of drug-likeness (QED) is 0.408. The van der Waals surface area contributed by atoms with E-state index in [0.29, 0.717) is 16.9 Å². The zero-order chi connectivity index (χ0) is 25.3. The summed E-state index contributed by atoms with van der Waals surface area (Å²) in [5, 5.41) is 5.15. The molecule has 0 saturated carbocycles. The van der Waals surface area contributed by atoms with Crippen LogP contribution in [0.1, 0.15) is 40.6 Å². The van der Waals surface area contributed by atoms with Crippen molar-refractivity contribution < 1.29 is 27.6 Å². The summed E-state index contributed by atoms with van der Waals surface area (Å²) in [7, 11) is 0. The van der Waals surface area contributed by atoms with Crippen molar-refractivity contribution in [1.82, 2.24) is 20.2 Å². The summed E-state index contributed by atoms with van der Waals surface area (Å²) in [6.07, 6.45) is 0.302. The van der Waals surface area contributed by atoms with Crippen LogP contribution < -0.4 is 16.2 Å². The Morgan fingerprint density at radius 3 is 2.54 bits per heavy atom. The van der Waals surface area contributed by atoms with Gasteiger partial charge in [-0.05, 0) is 67.1 Å². The van der Waals surface area contributed by atoms with Crippen molar-refractivity contribution in [2.24, 2.45) is 0 Å². The Morgan fingerprint density at radius 2 is 1.89 bits per heavy atom. The second-order valence-corrected chi connectivity index (χ2v) is 9.05. The van der Waals surface area contributed by atoms with Crippen LogP contribution in [0.5, 0.6) is 0 Å². The fourth-order valence-corrected chi connectivity index (χ4v) is 4.39. The molecule has 1 saturated heterocycles. The number of halogens is 3. The monoisotopic (exact) mass is 504 g/mol. The Hall–Kier alpha value is -3.67. The summed E-state index contributed by atoms with van der Waals surface area (Å²) in [5.41, 5.74) is -3.65. The fourth-order valence-electron chi connectivity index (χ4n) is 3.85. The van der Waals surface area contributed by atoms with Gasteiger partial charge in [0.25, 0.3) is 11.5 Å². The van der Waals surface area contributed by atoms with Gasteiger partial charge in [-0.15, -0.1) is 0 Å². The number of hydrogen-bond acceptors (Lipinski definition) is 6. The van der Waals surface area contributed by atoms with Crippen LogP contribution in [0.15, 0.2) is 52.2 Å². The first-order valence-corrected chi connectivity index (χ1v) is 11.3. The number of rotatable bonds is 5. The molecule has 2 N–H and O–H groups in total. The largest absolute Gasteiger partial charge is 0.446 e. The number of aryl methyl sites for hydroxylation is 1. The molecule has 1 atom stereocenters. The number of thioether (sulfide) groups is 1. The molecule has 1 aliphatic heterocycles. The molecule has 0 bridgehead atoms. The second-order valence-electron chi connectivity index (χ2n) is 7.91. The topological polar surface area (TPSA) is 110 Å². The van der Waals surface area contributed by atoms with Crippen LogP contribution in [0.2, 0.25) is 0 Å². The smallest absolute Gasteiger partial charge is 0.348 e. The van der Waals surface area contributed by atoms with E-state index >= 15 is 0 Å². The highest BCUT2D eigenvalue weighted by Crippen LogP contribution is 2.36. The highest BCUT2D eigenvalue weighted by molar-refractivity contribution is 8.00. The normalized spacial score (nSPS) is 16.3. The average molecular weight is 504 g/mol. The maximum atomic E-state index is 13.2. The lowest BCUT2D eigenvalue weighted by molar-refractivity contribution is -0.135. The minimum absolute atomic E-state index is 0.0290. The molecule has 2 aromatic carbocycles. The first-order chi connectivity index (χ1) is 16.5. The number of carbonyl (C=O) groups excluding carboxylic acids is 3. The van der Waals surface area contributed by atoms with Crippen LogP contribution in [0.3, 0.4) is 0 Å². The molecule has 12 heteroatoms. The van der Waals surface area contributed by atoms with Crippen LogP contribution >= 0.6 is 11.8 Å². The summed E-state index contributed by atoms with van der Waals surface area (Å²) in [6.45, 7) is 1.66. The van der Waals surface area contributed by atoms with Gasteiger partial charge in [0.05, 0.1) is 10.9 Å². The lowest BCUT2D eigenvalue weighted by atomic mass is 10.0. The lowest BCUT2D eigenvalue weighted by Crippen LogP contribution is -2.45. The van der Waals surface area contributed by atoms with Crippen molar-refractivity contribution in [3.05, 3.63) is 69.8 Å². The zero-order valence-electron chi connectivity index (χ0n) is 18.3. The van der Waals surface area contributed by atoms with Gasteiger partial charge in [0.15, 0.2) is 0 Å². The number of amides is 3. The van der Waals surface area contributed by atoms with Gasteiger partial charge in [-0.1, -0.05) is 6.07 Å². The molecular weight excluding hydrogens is 485 g/mol. The molecular formula is C23H19F3N4O4S. The first-order valence-electron chi connectivity index (χ1n) is 10.5. The van der Waals surface area contributed by atoms with E-state index in [1.54, 1.807) is 25.1 Å². The van der Waals surface area contributed by atoms with Crippen molar-refractivity contribution in [2.75, 3.05) is 0 Å². The molecule has 3 aromatic rings. The van der Waals surface area contributed by atoms with E-state index in [4.69, 9.17) is 0 Å². The van der Waals surface area contributed by atoms with E-state index in [1.165, 1.54) is 28.8 Å². The molecule has 1 aromatic heterocycles. The predicted octanol–water partition coefficient (Wildman–Crippen LogP) is 3.22. The van der Waals surface area contributed by atoms with Gasteiger partial charge in [-0.3, -0.25) is 29.1 Å². The number of nitrogens with zero attached hydrogens (tertiary/aromatic N) is 2. The lowest BCUT2D eigenvalue weighted by Gasteiger charge is -2.24. The third-order valence-corrected chi connectivity index (χ3v) is 6.21. The number of nitrogens with one attached hydrogen (secondary N) is 2. The first kappa shape index (κ1) is 24.5. The Balaban J connectivity index is 1.52. The predicted molar refractivity (Wildman–Crippen MR) is 122 cm³/mol. The summed E-state index contributed by atoms with van der Waals surface area (Å²) in [5.74, 6) is -1.10. The summed E-state index contributed by atoms with van der Waals surface area (Å²) >= 11 is -0.265. The maximum Gasteiger partial charge on any atom is 0.446 e. The Bertz CT molecular complexity index is 1390. The molecule has 3 amide bonds. The number of fused-ring (bicyclic) bond motifs is 1. The number of aromatic nitrogens is 2. The standard InChI is InChI=1S/C23H19F3N4O4S/c1-12-28-17-7-2-13(10-16(17)22(34)30(12)18-8-9-19(31)29-21(18)33)11-27-20(32)14-3-5-15(6-4-14)35-23(24,25)26/h2-7,10,18H,8-9,11H2,1H3,(H,27,32)(H,29,31,33)/t18-/m0/s1. The van der Waals surface area contributed by atoms with Crippen LogP contribution in [0.25, 0.3) is 10.9 Å². The van der Waals surface area contributed by atoms with E-state index in [0.717, 1.165) is 0 Å². The number of piperidine rings is 1. The molecule has 8 nitrogen and oxygen atoms in total. The number of benzene rings is 2. The second kappa shape index (κ2) is 9.53. The van der Waals surface area contributed by atoms with Gasteiger partial charge in [0.1, 0.15) is 11.9 Å². The molecule has 0 radical (unpaired) electrons. The summed E-state index contributed by atoms with van der Waals surface area (Å²) in [4.78, 5) is 53.8. The van der Waals surface area contributed by atoms with E-state index in [2.05, 4.69) is 15.6 Å². The minimum Gasteiger partial charge on any atom is -0.348 e.